The molecule has 0 spiro atoms. The van der Waals surface area contributed by atoms with Crippen LogP contribution in [-0.2, 0) is 0 Å². The second-order valence-electron chi connectivity index (χ2n) is 5.37. The molecule has 1 aliphatic rings. The Morgan fingerprint density at radius 3 is 2.52 bits per heavy atom. The lowest BCUT2D eigenvalue weighted by Crippen LogP contribution is -2.46. The summed E-state index contributed by atoms with van der Waals surface area (Å²) in [7, 11) is 0. The third-order valence-corrected chi connectivity index (χ3v) is 3.97. The second-order valence-corrected chi connectivity index (χ2v) is 5.37. The van der Waals surface area contributed by atoms with Crippen LogP contribution < -0.4 is 5.32 Å². The van der Waals surface area contributed by atoms with Gasteiger partial charge in [-0.3, -0.25) is 4.79 Å². The van der Waals surface area contributed by atoms with Gasteiger partial charge in [0.05, 0.1) is 5.56 Å². The van der Waals surface area contributed by atoms with Crippen LogP contribution in [0.3, 0.4) is 0 Å². The van der Waals surface area contributed by atoms with Crippen molar-refractivity contribution in [3.63, 3.8) is 0 Å². The van der Waals surface area contributed by atoms with Crippen LogP contribution in [0.4, 0.5) is 4.39 Å². The van der Waals surface area contributed by atoms with Gasteiger partial charge < -0.3 is 15.1 Å². The number of hydrogen-bond acceptors (Lipinski definition) is 3. The summed E-state index contributed by atoms with van der Waals surface area (Å²) in [6.45, 7) is 9.30. The Morgan fingerprint density at radius 1 is 1.19 bits per heavy atom. The molecule has 1 aromatic carbocycles. The molecule has 0 aliphatic carbocycles. The average molecular weight is 293 g/mol. The Balaban J connectivity index is 1.64. The topological polar surface area (TPSA) is 35.6 Å². The molecule has 5 heteroatoms. The van der Waals surface area contributed by atoms with Crippen LogP contribution in [0.2, 0.25) is 0 Å². The van der Waals surface area contributed by atoms with Crippen LogP contribution in [0.5, 0.6) is 0 Å². The van der Waals surface area contributed by atoms with Gasteiger partial charge in [-0.05, 0) is 31.6 Å². The molecule has 21 heavy (non-hydrogen) atoms. The molecular formula is C16H24FN3O. The predicted molar refractivity (Wildman–Crippen MR) is 81.9 cm³/mol. The van der Waals surface area contributed by atoms with Gasteiger partial charge in [-0.2, -0.15) is 0 Å². The van der Waals surface area contributed by atoms with Crippen molar-refractivity contribution < 1.29 is 9.18 Å². The molecule has 0 unspecified atom stereocenters. The van der Waals surface area contributed by atoms with E-state index in [1.54, 1.807) is 12.1 Å². The Bertz CT molecular complexity index is 459. The molecule has 1 fully saturated rings. The highest BCUT2D eigenvalue weighted by Crippen LogP contribution is 2.06. The van der Waals surface area contributed by atoms with Crippen molar-refractivity contribution in [3.05, 3.63) is 35.6 Å². The second kappa shape index (κ2) is 8.10. The van der Waals surface area contributed by atoms with E-state index in [1.165, 1.54) is 12.1 Å². The maximum Gasteiger partial charge on any atom is 0.254 e. The fourth-order valence-electron chi connectivity index (χ4n) is 2.57. The van der Waals surface area contributed by atoms with Gasteiger partial charge in [0, 0.05) is 32.7 Å². The van der Waals surface area contributed by atoms with Crippen molar-refractivity contribution in [2.75, 3.05) is 45.8 Å². The molecule has 1 aliphatic heterocycles. The van der Waals surface area contributed by atoms with Crippen LogP contribution in [0.1, 0.15) is 23.7 Å². The molecule has 1 N–H and O–H groups in total. The molecule has 116 valence electrons. The highest BCUT2D eigenvalue weighted by molar-refractivity contribution is 5.94. The smallest absolute Gasteiger partial charge is 0.254 e. The molecule has 0 bridgehead atoms. The molecule has 1 aromatic rings. The Hall–Kier alpha value is -1.46. The van der Waals surface area contributed by atoms with E-state index in [9.17, 15) is 9.18 Å². The zero-order valence-corrected chi connectivity index (χ0v) is 12.6. The zero-order valence-electron chi connectivity index (χ0n) is 12.6. The maximum atomic E-state index is 13.4. The highest BCUT2D eigenvalue weighted by atomic mass is 19.1. The number of likely N-dealkylation sites (N-methyl/N-ethyl adjacent to an activating group) is 1. The number of hydrogen-bond donors (Lipinski definition) is 1. The summed E-state index contributed by atoms with van der Waals surface area (Å²) >= 11 is 0. The predicted octanol–water partition coefficient (Wildman–Crippen LogP) is 1.58. The largest absolute Gasteiger partial charge is 0.352 e. The minimum absolute atomic E-state index is 0.120. The first-order valence-electron chi connectivity index (χ1n) is 7.68. The van der Waals surface area contributed by atoms with E-state index in [0.717, 1.165) is 45.7 Å². The SMILES string of the molecule is CCN1CCN(CCCNC(=O)c2ccccc2F)CC1. The highest BCUT2D eigenvalue weighted by Gasteiger charge is 2.15. The van der Waals surface area contributed by atoms with E-state index < -0.39 is 5.82 Å². The van der Waals surface area contributed by atoms with Crippen LogP contribution in [0.25, 0.3) is 0 Å². The first-order valence-corrected chi connectivity index (χ1v) is 7.68. The number of carbonyl (C=O) groups excluding carboxylic acids is 1. The van der Waals surface area contributed by atoms with Crippen LogP contribution in [-0.4, -0.2) is 61.5 Å². The monoisotopic (exact) mass is 293 g/mol. The van der Waals surface area contributed by atoms with Crippen LogP contribution in [0.15, 0.2) is 24.3 Å². The van der Waals surface area contributed by atoms with Crippen molar-refractivity contribution in [3.8, 4) is 0 Å². The quantitative estimate of drug-likeness (QED) is 0.809. The third kappa shape index (κ3) is 4.79. The van der Waals surface area contributed by atoms with Crippen molar-refractivity contribution in [2.45, 2.75) is 13.3 Å². The van der Waals surface area contributed by atoms with E-state index in [-0.39, 0.29) is 11.5 Å². The fraction of sp³-hybridized carbons (Fsp3) is 0.562. The molecule has 1 amide bonds. The van der Waals surface area contributed by atoms with E-state index in [0.29, 0.717) is 6.54 Å². The Kier molecular flexibility index (Phi) is 6.14. The lowest BCUT2D eigenvalue weighted by molar-refractivity contribution is 0.0944. The zero-order chi connectivity index (χ0) is 15.1. The lowest BCUT2D eigenvalue weighted by Gasteiger charge is -2.33. The summed E-state index contributed by atoms with van der Waals surface area (Å²) < 4.78 is 13.4. The summed E-state index contributed by atoms with van der Waals surface area (Å²) in [5.41, 5.74) is 0.120. The van der Waals surface area contributed by atoms with E-state index in [1.807, 2.05) is 0 Å². The number of halogens is 1. The van der Waals surface area contributed by atoms with Crippen molar-refractivity contribution in [1.82, 2.24) is 15.1 Å². The number of benzene rings is 1. The van der Waals surface area contributed by atoms with E-state index >= 15 is 0 Å². The van der Waals surface area contributed by atoms with Gasteiger partial charge in [-0.1, -0.05) is 19.1 Å². The molecule has 1 saturated heterocycles. The summed E-state index contributed by atoms with van der Waals surface area (Å²) in [5, 5.41) is 2.78. The molecule has 1 heterocycles. The van der Waals surface area contributed by atoms with Gasteiger partial charge in [0.15, 0.2) is 0 Å². The number of amides is 1. The first-order chi connectivity index (χ1) is 10.2. The van der Waals surface area contributed by atoms with Crippen molar-refractivity contribution in [2.24, 2.45) is 0 Å². The van der Waals surface area contributed by atoms with Gasteiger partial charge in [-0.25, -0.2) is 4.39 Å². The number of nitrogens with one attached hydrogen (secondary N) is 1. The maximum absolute atomic E-state index is 13.4. The molecule has 0 aromatic heterocycles. The fourth-order valence-corrected chi connectivity index (χ4v) is 2.57. The number of nitrogens with zero attached hydrogens (tertiary/aromatic N) is 2. The van der Waals surface area contributed by atoms with Gasteiger partial charge in [0.2, 0.25) is 0 Å². The number of piperazine rings is 1. The van der Waals surface area contributed by atoms with Crippen LogP contribution >= 0.6 is 0 Å². The lowest BCUT2D eigenvalue weighted by atomic mass is 10.2. The third-order valence-electron chi connectivity index (χ3n) is 3.97. The summed E-state index contributed by atoms with van der Waals surface area (Å²) in [6.07, 6.45) is 0.895. The van der Waals surface area contributed by atoms with Crippen LogP contribution in [0, 0.1) is 5.82 Å². The molecule has 0 atom stereocenters. The van der Waals surface area contributed by atoms with Gasteiger partial charge in [0.25, 0.3) is 5.91 Å². The summed E-state index contributed by atoms with van der Waals surface area (Å²) in [4.78, 5) is 16.7. The average Bonchev–Trinajstić information content (AvgIpc) is 2.52. The van der Waals surface area contributed by atoms with E-state index in [2.05, 4.69) is 22.0 Å². The molecule has 0 radical (unpaired) electrons. The molecule has 0 saturated carbocycles. The molecular weight excluding hydrogens is 269 g/mol. The number of rotatable bonds is 6. The Labute approximate surface area is 125 Å². The normalized spacial score (nSPS) is 16.9. The molecule has 2 rings (SSSR count). The number of carbonyl (C=O) groups is 1. The van der Waals surface area contributed by atoms with Gasteiger partial charge >= 0.3 is 0 Å². The van der Waals surface area contributed by atoms with Gasteiger partial charge in [0.1, 0.15) is 5.82 Å². The summed E-state index contributed by atoms with van der Waals surface area (Å²) in [6, 6.07) is 6.07. The van der Waals surface area contributed by atoms with Crippen molar-refractivity contribution in [1.29, 1.82) is 0 Å². The standard InChI is InChI=1S/C16H24FN3O/c1-2-19-10-12-20(13-11-19)9-5-8-18-16(21)14-6-3-4-7-15(14)17/h3-4,6-7H,2,5,8-13H2,1H3,(H,18,21). The van der Waals surface area contributed by atoms with Crippen molar-refractivity contribution >= 4 is 5.91 Å². The Morgan fingerprint density at radius 2 is 1.86 bits per heavy atom. The first kappa shape index (κ1) is 15.9. The summed E-state index contributed by atoms with van der Waals surface area (Å²) in [5.74, 6) is -0.797. The minimum atomic E-state index is -0.467. The van der Waals surface area contributed by atoms with Gasteiger partial charge in [-0.15, -0.1) is 0 Å². The minimum Gasteiger partial charge on any atom is -0.352 e. The molecule has 4 nitrogen and oxygen atoms in total. The van der Waals surface area contributed by atoms with E-state index in [4.69, 9.17) is 0 Å².